The molecule has 12 aromatic carbocycles. The molecule has 6 nitrogen and oxygen atoms in total. The van der Waals surface area contributed by atoms with Crippen molar-refractivity contribution in [2.24, 2.45) is 0 Å². The standard InChI is InChI=1S/6C23H17N/c2*1-3-13-21-17(7-1)15-9-5-11-19(15)23-20-12-6-10-16(20)18-8-2-4-14-22(18)24(21)23;1-2-9-19-15(7-1)18-11-6-14-22(18)24-21-13-4-3-8-17(21)16-10-5-12-20(16)23(19)24;3*1-2-9-19-15(7-1)17-8-3-4-13-21(17)24-22-14-6-11-18(22)16-10-5-12-20(16)23(19)24/h1-4,7-14,23H,5-6H2;1-8,11-14,23H,9-10H2;1-11,13,23H,12,14H2;1-4,6-13,23H,5,14H2;1-9,11-13,23H,10,14H2;1-11,13,23H,12,14H2. The number of hydrogen-bond donors (Lipinski definition) is 0. The van der Waals surface area contributed by atoms with Gasteiger partial charge < -0.3 is 29.4 Å². The van der Waals surface area contributed by atoms with E-state index in [1.807, 2.05) is 0 Å². The smallest absolute Gasteiger partial charge is 0.0851 e. The monoisotopic (exact) mass is 1840 g/mol. The first-order chi connectivity index (χ1) is 71.6. The zero-order valence-corrected chi connectivity index (χ0v) is 80.2. The molecular formula is C138H102N6. The largest absolute Gasteiger partial charge is 0.332 e. The number of nitrogens with zero attached hydrogens (tertiary/aromatic N) is 6. The number of fused-ring (bicyclic) bond motifs is 57. The van der Waals surface area contributed by atoms with Crippen LogP contribution in [0.15, 0.2) is 538 Å². The molecule has 4 atom stereocenters. The van der Waals surface area contributed by atoms with E-state index in [2.05, 4.69) is 466 Å². The van der Waals surface area contributed by atoms with Crippen LogP contribution < -0.4 is 29.4 Å². The summed E-state index contributed by atoms with van der Waals surface area (Å²) in [6.07, 6.45) is 69.0. The van der Waals surface area contributed by atoms with E-state index in [1.54, 1.807) is 11.1 Å². The minimum absolute atomic E-state index is 0.323. The Labute approximate surface area is 842 Å². The first-order valence-corrected chi connectivity index (χ1v) is 52.3. The molecule has 0 radical (unpaired) electrons. The highest BCUT2D eigenvalue weighted by atomic mass is 15.2. The second-order valence-electron chi connectivity index (χ2n) is 41.2. The number of benzene rings is 12. The van der Waals surface area contributed by atoms with Crippen LogP contribution in [0.4, 0.5) is 45.5 Å². The minimum atomic E-state index is 0.323. The van der Waals surface area contributed by atoms with Gasteiger partial charge in [-0.2, -0.15) is 0 Å². The van der Waals surface area contributed by atoms with E-state index in [-0.39, 0.29) is 0 Å². The average Bonchev–Trinajstić information content (AvgIpc) is 1.48. The fraction of sp³-hybridized carbons (Fsp3) is 0.130. The Morgan fingerprint density at radius 1 is 0.167 bits per heavy atom. The minimum Gasteiger partial charge on any atom is -0.332 e. The number of anilines is 8. The summed E-state index contributed by atoms with van der Waals surface area (Å²) in [5, 5.41) is 0. The maximum Gasteiger partial charge on any atom is 0.0851 e. The maximum atomic E-state index is 2.61. The summed E-state index contributed by atoms with van der Waals surface area (Å²) in [5.41, 5.74) is 68.6. The molecule has 12 aliphatic heterocycles. The van der Waals surface area contributed by atoms with Crippen LogP contribution in [0.25, 0.3) is 66.8 Å². The van der Waals surface area contributed by atoms with Crippen LogP contribution in [-0.4, -0.2) is 12.1 Å². The Hall–Kier alpha value is -16.8. The van der Waals surface area contributed by atoms with Gasteiger partial charge in [-0.1, -0.05) is 388 Å². The lowest BCUT2D eigenvalue weighted by atomic mass is 9.77. The molecule has 6 heteroatoms. The Balaban J connectivity index is 0.0000000788. The Morgan fingerprint density at radius 3 is 0.965 bits per heavy atom. The molecule has 144 heavy (non-hydrogen) atoms. The van der Waals surface area contributed by atoms with Gasteiger partial charge in [-0.25, -0.2) is 0 Å². The summed E-state index contributed by atoms with van der Waals surface area (Å²) in [6.45, 7) is 0. The molecule has 0 N–H and O–H groups in total. The van der Waals surface area contributed by atoms with Gasteiger partial charge in [0.05, 0.1) is 36.3 Å². The SMILES string of the molecule is C1=C2C(=CC1)C1C3=CCC=C3c3ccccc3N1c1ccccc12.C1=CC2=C(C1)C1=C(CC=C1)N1c3ccccc3-c3ccccc3C21.C1=CC2=C(C1)C1c3ccccc3-c3ccccc3N1C1=C2C=CC1.C1=CC2=C(C1)C1c3ccccc3C3=C(CC=C3)N1c1ccccc12.C1=CC2=C(C1)N1c3ccccc3-c3ccccc3C1C1=CCC=C12.C1=CC2=C(C1)c1ccccc1N1c3ccccc3C3=C(C=CC3)C21. The summed E-state index contributed by atoms with van der Waals surface area (Å²) >= 11 is 0. The Bertz CT molecular complexity index is 8280. The molecule has 24 aliphatic rings. The predicted molar refractivity (Wildman–Crippen MR) is 596 cm³/mol. The highest BCUT2D eigenvalue weighted by molar-refractivity contribution is 6.06. The van der Waals surface area contributed by atoms with Crippen LogP contribution in [-0.2, 0) is 0 Å². The van der Waals surface area contributed by atoms with Crippen LogP contribution in [0.3, 0.4) is 0 Å². The summed E-state index contributed by atoms with van der Waals surface area (Å²) in [7, 11) is 0. The molecule has 0 spiro atoms. The van der Waals surface area contributed by atoms with Crippen LogP contribution in [0.5, 0.6) is 0 Å². The Kier molecular flexibility index (Phi) is 18.4. The predicted octanol–water partition coefficient (Wildman–Crippen LogP) is 34.0. The van der Waals surface area contributed by atoms with Gasteiger partial charge in [0.15, 0.2) is 0 Å². The van der Waals surface area contributed by atoms with E-state index in [4.69, 9.17) is 0 Å². The number of para-hydroxylation sites is 8. The molecule has 36 rings (SSSR count). The Morgan fingerprint density at radius 2 is 0.458 bits per heavy atom. The van der Waals surface area contributed by atoms with Gasteiger partial charge in [0, 0.05) is 155 Å². The molecule has 0 aromatic heterocycles. The lowest BCUT2D eigenvalue weighted by Crippen LogP contribution is -2.41. The van der Waals surface area contributed by atoms with Crippen molar-refractivity contribution in [3.8, 4) is 33.4 Å². The van der Waals surface area contributed by atoms with Crippen LogP contribution >= 0.6 is 0 Å². The lowest BCUT2D eigenvalue weighted by molar-refractivity contribution is 0.716. The fourth-order valence-electron chi connectivity index (χ4n) is 28.9. The highest BCUT2D eigenvalue weighted by Crippen LogP contribution is 2.65. The van der Waals surface area contributed by atoms with Crippen molar-refractivity contribution in [2.45, 2.75) is 113 Å². The van der Waals surface area contributed by atoms with Crippen molar-refractivity contribution < 1.29 is 0 Å². The van der Waals surface area contributed by atoms with Crippen LogP contribution in [0.2, 0.25) is 0 Å². The quantitative estimate of drug-likeness (QED) is 0.150. The number of hydrogen-bond acceptors (Lipinski definition) is 6. The number of rotatable bonds is 0. The summed E-state index contributed by atoms with van der Waals surface area (Å²) < 4.78 is 0. The van der Waals surface area contributed by atoms with Crippen molar-refractivity contribution in [3.63, 3.8) is 0 Å². The first kappa shape index (κ1) is 82.0. The molecule has 12 aromatic rings. The highest BCUT2D eigenvalue weighted by Gasteiger charge is 2.50. The van der Waals surface area contributed by atoms with Crippen LogP contribution in [0, 0.1) is 0 Å². The van der Waals surface area contributed by atoms with Gasteiger partial charge in [0.1, 0.15) is 0 Å². The molecule has 4 unspecified atom stereocenters. The maximum absolute atomic E-state index is 2.61. The summed E-state index contributed by atoms with van der Waals surface area (Å²) in [6, 6.07) is 109. The molecule has 684 valence electrons. The number of allylic oxidation sites excluding steroid dienone is 30. The molecule has 0 fully saturated rings. The van der Waals surface area contributed by atoms with Gasteiger partial charge in [-0.15, -0.1) is 0 Å². The molecule has 0 amide bonds. The van der Waals surface area contributed by atoms with E-state index in [0.717, 1.165) is 77.0 Å². The lowest BCUT2D eigenvalue weighted by Gasteiger charge is -2.46. The topological polar surface area (TPSA) is 19.4 Å². The third-order valence-electron chi connectivity index (χ3n) is 34.4. The molecule has 12 aliphatic carbocycles. The molecule has 0 bridgehead atoms. The zero-order chi connectivity index (χ0) is 94.0. The van der Waals surface area contributed by atoms with E-state index >= 15 is 0 Å². The van der Waals surface area contributed by atoms with Crippen molar-refractivity contribution in [1.29, 1.82) is 0 Å². The van der Waals surface area contributed by atoms with E-state index in [9.17, 15) is 0 Å². The van der Waals surface area contributed by atoms with Crippen LogP contribution in [0.1, 0.15) is 157 Å². The van der Waals surface area contributed by atoms with Gasteiger partial charge in [-0.3, -0.25) is 0 Å². The summed E-state index contributed by atoms with van der Waals surface area (Å²) in [5.74, 6) is 0. The fourth-order valence-corrected chi connectivity index (χ4v) is 28.9. The third kappa shape index (κ3) is 11.9. The van der Waals surface area contributed by atoms with Gasteiger partial charge >= 0.3 is 0 Å². The van der Waals surface area contributed by atoms with E-state index in [0.29, 0.717) is 36.3 Å². The van der Waals surface area contributed by atoms with Crippen molar-refractivity contribution >= 4 is 78.9 Å². The molecule has 0 saturated heterocycles. The second kappa shape index (κ2) is 32.4. The first-order valence-electron chi connectivity index (χ1n) is 52.3. The van der Waals surface area contributed by atoms with Gasteiger partial charge in [-0.05, 0) is 239 Å². The van der Waals surface area contributed by atoms with Crippen molar-refractivity contribution in [1.82, 2.24) is 0 Å². The van der Waals surface area contributed by atoms with Gasteiger partial charge in [0.2, 0.25) is 0 Å². The van der Waals surface area contributed by atoms with Crippen molar-refractivity contribution in [3.05, 3.63) is 593 Å². The summed E-state index contributed by atoms with van der Waals surface area (Å²) in [4.78, 5) is 15.5. The normalized spacial score (nSPS) is 21.6. The van der Waals surface area contributed by atoms with E-state index in [1.165, 1.54) is 258 Å². The molecular weight excluding hydrogens is 1740 g/mol. The molecule has 12 heterocycles. The van der Waals surface area contributed by atoms with Crippen molar-refractivity contribution in [2.75, 3.05) is 29.4 Å². The van der Waals surface area contributed by atoms with E-state index < -0.39 is 0 Å². The second-order valence-corrected chi connectivity index (χ2v) is 41.2. The molecule has 0 saturated carbocycles. The third-order valence-corrected chi connectivity index (χ3v) is 34.4. The zero-order valence-electron chi connectivity index (χ0n) is 80.2. The van der Waals surface area contributed by atoms with Gasteiger partial charge in [0.25, 0.3) is 0 Å². The average molecular weight is 1840 g/mol.